The number of rotatable bonds is 7. The van der Waals surface area contributed by atoms with Crippen molar-refractivity contribution in [3.8, 4) is 23.6 Å². The largest absolute Gasteiger partial charge is 0.493 e. The summed E-state index contributed by atoms with van der Waals surface area (Å²) in [6, 6.07) is 14.9. The fraction of sp³-hybridized carbons (Fsp3) is 0.346. The molecular weight excluding hydrogens is 482 g/mol. The molecule has 1 fully saturated rings. The predicted molar refractivity (Wildman–Crippen MR) is 129 cm³/mol. The van der Waals surface area contributed by atoms with Crippen molar-refractivity contribution in [1.29, 1.82) is 10.5 Å². The Morgan fingerprint density at radius 3 is 2.67 bits per heavy atom. The highest BCUT2D eigenvalue weighted by Gasteiger charge is 2.24. The Labute approximate surface area is 202 Å². The molecule has 2 aromatic rings. The lowest BCUT2D eigenvalue weighted by atomic mass is 9.86. The number of nitriles is 2. The molecule has 2 aromatic carbocycles. The van der Waals surface area contributed by atoms with Crippen LogP contribution in [0.25, 0.3) is 6.08 Å². The molecule has 6 nitrogen and oxygen atoms in total. The lowest BCUT2D eigenvalue weighted by molar-refractivity contribution is -0.118. The minimum Gasteiger partial charge on any atom is -0.493 e. The van der Waals surface area contributed by atoms with Gasteiger partial charge in [-0.15, -0.1) is 0 Å². The average Bonchev–Trinajstić information content (AvgIpc) is 2.83. The SMILES string of the molecule is COc1cc(/C=C(\C#N)C(=O)N[C@@H]2CCCC[C@H]2C)c(Br)cc1OCc1ccccc1C#N. The third kappa shape index (κ3) is 6.15. The predicted octanol–water partition coefficient (Wildman–Crippen LogP) is 5.51. The average molecular weight is 508 g/mol. The first-order valence-corrected chi connectivity index (χ1v) is 11.7. The van der Waals surface area contributed by atoms with E-state index in [1.807, 2.05) is 18.2 Å². The van der Waals surface area contributed by atoms with Crippen LogP contribution < -0.4 is 14.8 Å². The molecule has 0 aromatic heterocycles. The van der Waals surface area contributed by atoms with E-state index in [4.69, 9.17) is 9.47 Å². The van der Waals surface area contributed by atoms with Gasteiger partial charge in [0, 0.05) is 16.1 Å². The van der Waals surface area contributed by atoms with Crippen molar-refractivity contribution in [2.45, 2.75) is 45.3 Å². The zero-order valence-corrected chi connectivity index (χ0v) is 20.3. The fourth-order valence-corrected chi connectivity index (χ4v) is 4.36. The Balaban J connectivity index is 1.80. The number of carbonyl (C=O) groups excluding carboxylic acids is 1. The van der Waals surface area contributed by atoms with Gasteiger partial charge >= 0.3 is 0 Å². The van der Waals surface area contributed by atoms with Crippen molar-refractivity contribution < 1.29 is 14.3 Å². The van der Waals surface area contributed by atoms with Crippen LogP contribution in [0.15, 0.2) is 46.4 Å². The number of methoxy groups -OCH3 is 1. The van der Waals surface area contributed by atoms with Gasteiger partial charge in [0.15, 0.2) is 11.5 Å². The maximum Gasteiger partial charge on any atom is 0.262 e. The van der Waals surface area contributed by atoms with Crippen LogP contribution in [0.4, 0.5) is 0 Å². The van der Waals surface area contributed by atoms with Crippen molar-refractivity contribution >= 4 is 27.9 Å². The maximum absolute atomic E-state index is 12.7. The van der Waals surface area contributed by atoms with E-state index in [-0.39, 0.29) is 24.1 Å². The van der Waals surface area contributed by atoms with Gasteiger partial charge in [-0.2, -0.15) is 10.5 Å². The van der Waals surface area contributed by atoms with Crippen LogP contribution in [-0.2, 0) is 11.4 Å². The molecule has 0 spiro atoms. The van der Waals surface area contributed by atoms with E-state index >= 15 is 0 Å². The van der Waals surface area contributed by atoms with Crippen molar-refractivity contribution in [1.82, 2.24) is 5.32 Å². The molecule has 0 radical (unpaired) electrons. The molecule has 3 rings (SSSR count). The first-order valence-electron chi connectivity index (χ1n) is 10.9. The number of hydrogen-bond acceptors (Lipinski definition) is 5. The molecule has 0 saturated heterocycles. The Hall–Kier alpha value is -3.29. The standard InChI is InChI=1S/C26H26BrN3O3/c1-17-7-3-6-10-23(17)30-26(31)21(15-29)11-20-12-24(32-2)25(13-22(20)27)33-16-19-9-5-4-8-18(19)14-28/h4-5,8-9,11-13,17,23H,3,6-7,10,16H2,1-2H3,(H,30,31)/b21-11+/t17-,23-/m1/s1. The number of amides is 1. The number of nitrogens with zero attached hydrogens (tertiary/aromatic N) is 2. The summed E-state index contributed by atoms with van der Waals surface area (Å²) in [7, 11) is 1.52. The molecular formula is C26H26BrN3O3. The van der Waals surface area contributed by atoms with E-state index in [1.165, 1.54) is 13.5 Å². The molecule has 0 heterocycles. The van der Waals surface area contributed by atoms with Crippen molar-refractivity contribution in [3.05, 3.63) is 63.1 Å². The third-order valence-electron chi connectivity index (χ3n) is 5.90. The zero-order valence-electron chi connectivity index (χ0n) is 18.7. The molecule has 1 aliphatic rings. The molecule has 7 heteroatoms. The second kappa shape index (κ2) is 11.5. The molecule has 33 heavy (non-hydrogen) atoms. The second-order valence-corrected chi connectivity index (χ2v) is 8.95. The summed E-state index contributed by atoms with van der Waals surface area (Å²) >= 11 is 3.51. The van der Waals surface area contributed by atoms with Crippen LogP contribution in [0.5, 0.6) is 11.5 Å². The summed E-state index contributed by atoms with van der Waals surface area (Å²) in [5.74, 6) is 0.971. The number of halogens is 1. The van der Waals surface area contributed by atoms with E-state index in [1.54, 1.807) is 30.3 Å². The summed E-state index contributed by atoms with van der Waals surface area (Å²) in [4.78, 5) is 12.7. The first-order chi connectivity index (χ1) is 16.0. The molecule has 1 amide bonds. The molecule has 0 aliphatic heterocycles. The highest BCUT2D eigenvalue weighted by molar-refractivity contribution is 9.10. The minimum atomic E-state index is -0.365. The van der Waals surface area contributed by atoms with Crippen LogP contribution in [0.3, 0.4) is 0 Å². The van der Waals surface area contributed by atoms with Gasteiger partial charge in [0.2, 0.25) is 0 Å². The Kier molecular flexibility index (Phi) is 8.52. The molecule has 1 aliphatic carbocycles. The fourth-order valence-electron chi connectivity index (χ4n) is 3.93. The van der Waals surface area contributed by atoms with Crippen molar-refractivity contribution in [2.24, 2.45) is 5.92 Å². The van der Waals surface area contributed by atoms with Crippen LogP contribution in [-0.4, -0.2) is 19.1 Å². The lowest BCUT2D eigenvalue weighted by Gasteiger charge is -2.29. The van der Waals surface area contributed by atoms with E-state index in [9.17, 15) is 15.3 Å². The monoisotopic (exact) mass is 507 g/mol. The Morgan fingerprint density at radius 1 is 1.21 bits per heavy atom. The normalized spacial score (nSPS) is 18.0. The van der Waals surface area contributed by atoms with Gasteiger partial charge in [-0.1, -0.05) is 53.9 Å². The van der Waals surface area contributed by atoms with E-state index in [0.29, 0.717) is 33.0 Å². The highest BCUT2D eigenvalue weighted by Crippen LogP contribution is 2.35. The van der Waals surface area contributed by atoms with Crippen LogP contribution >= 0.6 is 15.9 Å². The van der Waals surface area contributed by atoms with E-state index in [0.717, 1.165) is 24.8 Å². The summed E-state index contributed by atoms with van der Waals surface area (Å²) in [5.41, 5.74) is 1.97. The molecule has 170 valence electrons. The summed E-state index contributed by atoms with van der Waals surface area (Å²) in [5, 5.41) is 21.9. The van der Waals surface area contributed by atoms with Crippen molar-refractivity contribution in [2.75, 3.05) is 7.11 Å². The molecule has 0 bridgehead atoms. The van der Waals surface area contributed by atoms with Gasteiger partial charge in [-0.3, -0.25) is 4.79 Å². The van der Waals surface area contributed by atoms with Crippen LogP contribution in [0.2, 0.25) is 0 Å². The first kappa shape index (κ1) is 24.4. The number of benzene rings is 2. The van der Waals surface area contributed by atoms with Crippen molar-refractivity contribution in [3.63, 3.8) is 0 Å². The van der Waals surface area contributed by atoms with E-state index in [2.05, 4.69) is 34.2 Å². The summed E-state index contributed by atoms with van der Waals surface area (Å²) < 4.78 is 12.0. The number of carbonyl (C=O) groups is 1. The summed E-state index contributed by atoms with van der Waals surface area (Å²) in [6.07, 6.45) is 5.83. The van der Waals surface area contributed by atoms with Gasteiger partial charge in [0.25, 0.3) is 5.91 Å². The zero-order chi connectivity index (χ0) is 23.8. The highest BCUT2D eigenvalue weighted by atomic mass is 79.9. The minimum absolute atomic E-state index is 0.0344. The topological polar surface area (TPSA) is 95.1 Å². The van der Waals surface area contributed by atoms with Gasteiger partial charge < -0.3 is 14.8 Å². The quantitative estimate of drug-likeness (QED) is 0.393. The molecule has 1 saturated carbocycles. The number of hydrogen-bond donors (Lipinski definition) is 1. The molecule has 0 unspecified atom stereocenters. The maximum atomic E-state index is 12.7. The molecule has 2 atom stereocenters. The lowest BCUT2D eigenvalue weighted by Crippen LogP contribution is -2.41. The van der Waals surface area contributed by atoms with Crippen LogP contribution in [0, 0.1) is 28.6 Å². The van der Waals surface area contributed by atoms with Gasteiger partial charge in [-0.05, 0) is 48.6 Å². The second-order valence-electron chi connectivity index (χ2n) is 8.09. The van der Waals surface area contributed by atoms with Gasteiger partial charge in [0.1, 0.15) is 18.2 Å². The van der Waals surface area contributed by atoms with Gasteiger partial charge in [-0.25, -0.2) is 0 Å². The smallest absolute Gasteiger partial charge is 0.262 e. The Bertz CT molecular complexity index is 1130. The summed E-state index contributed by atoms with van der Waals surface area (Å²) in [6.45, 7) is 2.34. The molecule has 1 N–H and O–H groups in total. The third-order valence-corrected chi connectivity index (χ3v) is 6.58. The van der Waals surface area contributed by atoms with Gasteiger partial charge in [0.05, 0.1) is 18.7 Å². The Morgan fingerprint density at radius 2 is 1.97 bits per heavy atom. The number of nitrogens with one attached hydrogen (secondary N) is 1. The number of ether oxygens (including phenoxy) is 2. The van der Waals surface area contributed by atoms with E-state index < -0.39 is 0 Å². The van der Waals surface area contributed by atoms with Crippen LogP contribution in [0.1, 0.15) is 49.3 Å².